The molecule has 2 N–H and O–H groups in total. The number of carbonyl (C=O) groups is 2. The Morgan fingerprint density at radius 3 is 2.67 bits per heavy atom. The summed E-state index contributed by atoms with van der Waals surface area (Å²) in [6.45, 7) is 2.66. The zero-order chi connectivity index (χ0) is 19.8. The predicted molar refractivity (Wildman–Crippen MR) is 106 cm³/mol. The fourth-order valence-electron chi connectivity index (χ4n) is 2.16. The number of anilines is 1. The summed E-state index contributed by atoms with van der Waals surface area (Å²) in [5, 5.41) is 16.2. The smallest absolute Gasteiger partial charge is 0.257 e. The molecule has 0 radical (unpaired) electrons. The van der Waals surface area contributed by atoms with Crippen LogP contribution in [0.5, 0.6) is 5.75 Å². The summed E-state index contributed by atoms with van der Waals surface area (Å²) < 4.78 is 5.59. The maximum Gasteiger partial charge on any atom is 0.257 e. The number of aromatic carboxylic acids is 1. The van der Waals surface area contributed by atoms with Crippen LogP contribution >= 0.6 is 23.8 Å². The number of amides is 1. The Labute approximate surface area is 167 Å². The van der Waals surface area contributed by atoms with Gasteiger partial charge in [0.05, 0.1) is 17.6 Å². The van der Waals surface area contributed by atoms with Gasteiger partial charge in [0.15, 0.2) is 5.11 Å². The van der Waals surface area contributed by atoms with Crippen LogP contribution in [0.2, 0.25) is 5.02 Å². The van der Waals surface area contributed by atoms with Gasteiger partial charge in [-0.3, -0.25) is 10.1 Å². The molecule has 2 rings (SSSR count). The number of carboxylic acids is 1. The molecular formula is C19H18ClN2O4S-. The van der Waals surface area contributed by atoms with E-state index in [4.69, 9.17) is 28.6 Å². The number of benzene rings is 2. The van der Waals surface area contributed by atoms with Gasteiger partial charge in [0.1, 0.15) is 5.75 Å². The zero-order valence-electron chi connectivity index (χ0n) is 14.6. The SMILES string of the molecule is CCCCOc1cccc(C(=O)NC(=S)Nc2ccc(C(=O)[O-])c(Cl)c2)c1. The van der Waals surface area contributed by atoms with Gasteiger partial charge in [-0.15, -0.1) is 0 Å². The number of halogens is 1. The molecule has 0 aliphatic carbocycles. The predicted octanol–water partition coefficient (Wildman–Crippen LogP) is 3.01. The highest BCUT2D eigenvalue weighted by molar-refractivity contribution is 7.80. The van der Waals surface area contributed by atoms with Crippen molar-refractivity contribution in [1.29, 1.82) is 0 Å². The van der Waals surface area contributed by atoms with Crippen molar-refractivity contribution in [2.24, 2.45) is 0 Å². The van der Waals surface area contributed by atoms with E-state index < -0.39 is 11.9 Å². The lowest BCUT2D eigenvalue weighted by atomic mass is 10.2. The topological polar surface area (TPSA) is 90.5 Å². The van der Waals surface area contributed by atoms with Gasteiger partial charge >= 0.3 is 0 Å². The number of ether oxygens (including phenoxy) is 1. The van der Waals surface area contributed by atoms with Crippen LogP contribution < -0.4 is 20.5 Å². The number of nitrogens with one attached hydrogen (secondary N) is 2. The lowest BCUT2D eigenvalue weighted by molar-refractivity contribution is -0.255. The highest BCUT2D eigenvalue weighted by Gasteiger charge is 2.10. The molecule has 0 fully saturated rings. The van der Waals surface area contributed by atoms with E-state index in [0.29, 0.717) is 23.6 Å². The fourth-order valence-corrected chi connectivity index (χ4v) is 2.63. The summed E-state index contributed by atoms with van der Waals surface area (Å²) in [5.41, 5.74) is 0.711. The normalized spacial score (nSPS) is 10.1. The van der Waals surface area contributed by atoms with Gasteiger partial charge < -0.3 is 20.0 Å². The first-order chi connectivity index (χ1) is 12.9. The molecule has 0 aliphatic heterocycles. The first-order valence-electron chi connectivity index (χ1n) is 8.26. The summed E-state index contributed by atoms with van der Waals surface area (Å²) >= 11 is 11.0. The molecule has 0 saturated carbocycles. The lowest BCUT2D eigenvalue weighted by Gasteiger charge is -2.12. The van der Waals surface area contributed by atoms with Crippen molar-refractivity contribution in [3.8, 4) is 5.75 Å². The number of hydrogen-bond donors (Lipinski definition) is 2. The van der Waals surface area contributed by atoms with Crippen LogP contribution in [-0.2, 0) is 0 Å². The highest BCUT2D eigenvalue weighted by Crippen LogP contribution is 2.20. The van der Waals surface area contributed by atoms with Gasteiger partial charge in [-0.25, -0.2) is 0 Å². The number of hydrogen-bond acceptors (Lipinski definition) is 5. The largest absolute Gasteiger partial charge is 0.545 e. The molecule has 2 aromatic rings. The quantitative estimate of drug-likeness (QED) is 0.543. The fraction of sp³-hybridized carbons (Fsp3) is 0.211. The van der Waals surface area contributed by atoms with E-state index >= 15 is 0 Å². The van der Waals surface area contributed by atoms with E-state index in [1.807, 2.05) is 0 Å². The van der Waals surface area contributed by atoms with Gasteiger partial charge in [0.2, 0.25) is 0 Å². The Hall–Kier alpha value is -2.64. The summed E-state index contributed by atoms with van der Waals surface area (Å²) in [5.74, 6) is -1.16. The van der Waals surface area contributed by atoms with Crippen LogP contribution in [0.15, 0.2) is 42.5 Å². The summed E-state index contributed by atoms with van der Waals surface area (Å²) in [7, 11) is 0. The second-order valence-corrected chi connectivity index (χ2v) is 6.44. The van der Waals surface area contributed by atoms with Crippen molar-refractivity contribution in [3.05, 3.63) is 58.6 Å². The lowest BCUT2D eigenvalue weighted by Crippen LogP contribution is -2.34. The molecule has 0 unspecified atom stereocenters. The number of unbranched alkanes of at least 4 members (excludes halogenated alkanes) is 1. The molecule has 0 atom stereocenters. The summed E-state index contributed by atoms with van der Waals surface area (Å²) in [6.07, 6.45) is 1.96. The van der Waals surface area contributed by atoms with E-state index in [-0.39, 0.29) is 15.7 Å². The van der Waals surface area contributed by atoms with E-state index in [0.717, 1.165) is 12.8 Å². The van der Waals surface area contributed by atoms with Gasteiger partial charge in [0, 0.05) is 16.8 Å². The second kappa shape index (κ2) is 9.89. The van der Waals surface area contributed by atoms with E-state index in [1.165, 1.54) is 18.2 Å². The highest BCUT2D eigenvalue weighted by atomic mass is 35.5. The first kappa shape index (κ1) is 20.7. The number of carboxylic acid groups (broad SMARTS) is 1. The van der Waals surface area contributed by atoms with E-state index in [9.17, 15) is 14.7 Å². The second-order valence-electron chi connectivity index (χ2n) is 5.62. The Morgan fingerprint density at radius 1 is 1.22 bits per heavy atom. The molecule has 0 spiro atoms. The minimum absolute atomic E-state index is 0.00561. The van der Waals surface area contributed by atoms with Crippen LogP contribution in [0.1, 0.15) is 40.5 Å². The Kier molecular flexibility index (Phi) is 7.57. The van der Waals surface area contributed by atoms with Gasteiger partial charge in [-0.2, -0.15) is 0 Å². The molecule has 0 aliphatic rings. The minimum atomic E-state index is -1.37. The zero-order valence-corrected chi connectivity index (χ0v) is 16.2. The molecule has 6 nitrogen and oxygen atoms in total. The standard InChI is InChI=1S/C19H19ClN2O4S/c1-2-3-9-26-14-6-4-5-12(10-14)17(23)22-19(27)21-13-7-8-15(18(24)25)16(20)11-13/h4-8,10-11H,2-3,9H2,1H3,(H,24,25)(H2,21,22,23,27)/p-1. The minimum Gasteiger partial charge on any atom is -0.545 e. The van der Waals surface area contributed by atoms with Crippen molar-refractivity contribution in [2.45, 2.75) is 19.8 Å². The number of rotatable bonds is 7. The van der Waals surface area contributed by atoms with Crippen LogP contribution in [0.25, 0.3) is 0 Å². The van der Waals surface area contributed by atoms with Crippen LogP contribution in [0, 0.1) is 0 Å². The molecule has 8 heteroatoms. The van der Waals surface area contributed by atoms with Crippen molar-refractivity contribution in [3.63, 3.8) is 0 Å². The van der Waals surface area contributed by atoms with Gasteiger partial charge in [-0.05, 0) is 55.0 Å². The average Bonchev–Trinajstić information content (AvgIpc) is 2.62. The maximum atomic E-state index is 12.3. The van der Waals surface area contributed by atoms with Crippen LogP contribution in [0.4, 0.5) is 5.69 Å². The number of carbonyl (C=O) groups excluding carboxylic acids is 2. The molecule has 0 heterocycles. The Balaban J connectivity index is 1.97. The third kappa shape index (κ3) is 6.23. The van der Waals surface area contributed by atoms with Crippen LogP contribution in [-0.4, -0.2) is 23.6 Å². The summed E-state index contributed by atoms with van der Waals surface area (Å²) in [6, 6.07) is 10.9. The van der Waals surface area contributed by atoms with Crippen molar-refractivity contribution < 1.29 is 19.4 Å². The molecule has 0 aromatic heterocycles. The maximum absolute atomic E-state index is 12.3. The molecule has 27 heavy (non-hydrogen) atoms. The molecule has 0 saturated heterocycles. The molecule has 0 bridgehead atoms. The van der Waals surface area contributed by atoms with Crippen molar-refractivity contribution in [2.75, 3.05) is 11.9 Å². The Bertz CT molecular complexity index is 857. The molecule has 1 amide bonds. The van der Waals surface area contributed by atoms with E-state index in [2.05, 4.69) is 17.6 Å². The van der Waals surface area contributed by atoms with Crippen molar-refractivity contribution >= 4 is 46.5 Å². The first-order valence-corrected chi connectivity index (χ1v) is 9.05. The average molecular weight is 406 g/mol. The van der Waals surface area contributed by atoms with Gasteiger partial charge in [-0.1, -0.05) is 31.0 Å². The summed E-state index contributed by atoms with van der Waals surface area (Å²) in [4.78, 5) is 23.2. The van der Waals surface area contributed by atoms with E-state index in [1.54, 1.807) is 24.3 Å². The monoisotopic (exact) mass is 405 g/mol. The molecule has 142 valence electrons. The molecular weight excluding hydrogens is 388 g/mol. The number of thiocarbonyl (C=S) groups is 1. The van der Waals surface area contributed by atoms with Gasteiger partial charge in [0.25, 0.3) is 5.91 Å². The Morgan fingerprint density at radius 2 is 2.00 bits per heavy atom. The third-order valence-corrected chi connectivity index (χ3v) is 4.05. The van der Waals surface area contributed by atoms with Crippen LogP contribution in [0.3, 0.4) is 0 Å². The van der Waals surface area contributed by atoms with Crippen molar-refractivity contribution in [1.82, 2.24) is 5.32 Å². The third-order valence-electron chi connectivity index (χ3n) is 3.54. The molecule has 2 aromatic carbocycles.